The molecule has 0 N–H and O–H groups in total. The van der Waals surface area contributed by atoms with E-state index in [2.05, 4.69) is 40.9 Å². The molecule has 0 aromatic carbocycles. The molecule has 0 saturated heterocycles. The maximum absolute atomic E-state index is 4.36. The Hall–Kier alpha value is -0.780. The van der Waals surface area contributed by atoms with Crippen LogP contribution in [0.15, 0.2) is 35.5 Å². The van der Waals surface area contributed by atoms with Crippen LogP contribution in [0, 0.1) is 5.41 Å². The molecule has 0 fully saturated rings. The first-order valence-corrected chi connectivity index (χ1v) is 7.55. The summed E-state index contributed by atoms with van der Waals surface area (Å²) in [6.07, 6.45) is 8.71. The summed E-state index contributed by atoms with van der Waals surface area (Å²) < 4.78 is 0. The molecule has 1 rings (SSSR count). The summed E-state index contributed by atoms with van der Waals surface area (Å²) in [6, 6.07) is 0. The predicted octanol–water partition coefficient (Wildman–Crippen LogP) is 6.21. The molecule has 102 valence electrons. The highest BCUT2D eigenvalue weighted by Gasteiger charge is 2.34. The summed E-state index contributed by atoms with van der Waals surface area (Å²) >= 11 is 0. The first-order chi connectivity index (χ1) is 8.49. The van der Waals surface area contributed by atoms with Crippen LogP contribution in [0.25, 0.3) is 0 Å². The Morgan fingerprint density at radius 2 is 1.67 bits per heavy atom. The molecule has 0 aromatic heterocycles. The molecule has 0 bridgehead atoms. The maximum atomic E-state index is 4.36. The standard InChI is InChI=1S/C18H30/c1-7-10-18(11-8-2)12-15(5)17(14(4)9-3)16(6)13-18/h4-5,7-13H2,1-3,6H3. The largest absolute Gasteiger partial charge is 0.0952 e. The van der Waals surface area contributed by atoms with Crippen LogP contribution in [-0.2, 0) is 0 Å². The van der Waals surface area contributed by atoms with Crippen molar-refractivity contribution in [1.82, 2.24) is 0 Å². The molecule has 0 aliphatic heterocycles. The van der Waals surface area contributed by atoms with Gasteiger partial charge in [0, 0.05) is 0 Å². The summed E-state index contributed by atoms with van der Waals surface area (Å²) in [7, 11) is 0. The van der Waals surface area contributed by atoms with Crippen molar-refractivity contribution < 1.29 is 0 Å². The van der Waals surface area contributed by atoms with Gasteiger partial charge >= 0.3 is 0 Å². The van der Waals surface area contributed by atoms with Crippen LogP contribution in [0.5, 0.6) is 0 Å². The Morgan fingerprint density at radius 3 is 2.06 bits per heavy atom. The fourth-order valence-electron chi connectivity index (χ4n) is 3.82. The molecule has 0 nitrogen and oxygen atoms in total. The summed E-state index contributed by atoms with van der Waals surface area (Å²) in [6.45, 7) is 17.7. The van der Waals surface area contributed by atoms with Crippen molar-refractivity contribution in [2.45, 2.75) is 72.6 Å². The van der Waals surface area contributed by atoms with Crippen LogP contribution in [-0.4, -0.2) is 0 Å². The van der Waals surface area contributed by atoms with Crippen molar-refractivity contribution in [2.75, 3.05) is 0 Å². The molecule has 1 aliphatic carbocycles. The van der Waals surface area contributed by atoms with Gasteiger partial charge in [0.2, 0.25) is 0 Å². The van der Waals surface area contributed by atoms with E-state index in [9.17, 15) is 0 Å². The third-order valence-corrected chi connectivity index (χ3v) is 4.35. The molecule has 0 saturated carbocycles. The third-order valence-electron chi connectivity index (χ3n) is 4.35. The minimum absolute atomic E-state index is 0.488. The zero-order valence-corrected chi connectivity index (χ0v) is 12.9. The Balaban J connectivity index is 3.04. The second kappa shape index (κ2) is 6.41. The molecule has 0 unspecified atom stereocenters. The lowest BCUT2D eigenvalue weighted by molar-refractivity contribution is 0.222. The van der Waals surface area contributed by atoms with Crippen LogP contribution in [0.2, 0.25) is 0 Å². The molecule has 1 aliphatic rings. The van der Waals surface area contributed by atoms with Crippen molar-refractivity contribution in [2.24, 2.45) is 5.41 Å². The van der Waals surface area contributed by atoms with Gasteiger partial charge in [0.25, 0.3) is 0 Å². The second-order valence-electron chi connectivity index (χ2n) is 6.07. The second-order valence-corrected chi connectivity index (χ2v) is 6.07. The molecule has 0 amide bonds. The number of rotatable bonds is 6. The van der Waals surface area contributed by atoms with E-state index in [-0.39, 0.29) is 0 Å². The summed E-state index contributed by atoms with van der Waals surface area (Å²) in [5, 5.41) is 0. The quantitative estimate of drug-likeness (QED) is 0.523. The van der Waals surface area contributed by atoms with E-state index < -0.39 is 0 Å². The Morgan fingerprint density at radius 1 is 1.11 bits per heavy atom. The molecule has 0 heteroatoms. The smallest absolute Gasteiger partial charge is 0.0215 e. The van der Waals surface area contributed by atoms with Crippen LogP contribution in [0.4, 0.5) is 0 Å². The lowest BCUT2D eigenvalue weighted by Gasteiger charge is -2.40. The van der Waals surface area contributed by atoms with E-state index >= 15 is 0 Å². The lowest BCUT2D eigenvalue weighted by Crippen LogP contribution is -2.26. The first-order valence-electron chi connectivity index (χ1n) is 7.55. The SMILES string of the molecule is C=C(CC)C1=C(C)CC(CCC)(CCC)CC1=C. The topological polar surface area (TPSA) is 0 Å². The minimum Gasteiger partial charge on any atom is -0.0952 e. The fraction of sp³-hybridized carbons (Fsp3) is 0.667. The molecule has 18 heavy (non-hydrogen) atoms. The van der Waals surface area contributed by atoms with Gasteiger partial charge in [0.05, 0.1) is 0 Å². The average Bonchev–Trinajstić information content (AvgIpc) is 2.28. The van der Waals surface area contributed by atoms with Gasteiger partial charge in [-0.25, -0.2) is 0 Å². The summed E-state index contributed by atoms with van der Waals surface area (Å²) in [4.78, 5) is 0. The molecular weight excluding hydrogens is 216 g/mol. The normalized spacial score (nSPS) is 19.2. The highest BCUT2D eigenvalue weighted by Crippen LogP contribution is 2.49. The van der Waals surface area contributed by atoms with Gasteiger partial charge in [-0.2, -0.15) is 0 Å². The Bertz CT molecular complexity index is 348. The number of hydrogen-bond donors (Lipinski definition) is 0. The Labute approximate surface area is 114 Å². The third kappa shape index (κ3) is 3.16. The van der Waals surface area contributed by atoms with Crippen LogP contribution < -0.4 is 0 Å². The van der Waals surface area contributed by atoms with Gasteiger partial charge in [0.15, 0.2) is 0 Å². The zero-order valence-electron chi connectivity index (χ0n) is 12.9. The van der Waals surface area contributed by atoms with E-state index in [0.29, 0.717) is 5.41 Å². The van der Waals surface area contributed by atoms with E-state index in [4.69, 9.17) is 0 Å². The Kier molecular flexibility index (Phi) is 5.44. The number of hydrogen-bond acceptors (Lipinski definition) is 0. The van der Waals surface area contributed by atoms with Crippen LogP contribution in [0.1, 0.15) is 72.6 Å². The first kappa shape index (κ1) is 15.3. The predicted molar refractivity (Wildman–Crippen MR) is 82.8 cm³/mol. The van der Waals surface area contributed by atoms with Gasteiger partial charge < -0.3 is 0 Å². The van der Waals surface area contributed by atoms with Gasteiger partial charge in [0.1, 0.15) is 0 Å². The van der Waals surface area contributed by atoms with Crippen molar-refractivity contribution in [3.8, 4) is 0 Å². The number of allylic oxidation sites excluding steroid dienone is 4. The average molecular weight is 246 g/mol. The van der Waals surface area contributed by atoms with Gasteiger partial charge in [-0.3, -0.25) is 0 Å². The highest BCUT2D eigenvalue weighted by atomic mass is 14.4. The van der Waals surface area contributed by atoms with Gasteiger partial charge in [-0.05, 0) is 61.2 Å². The molecular formula is C18H30. The summed E-state index contributed by atoms with van der Waals surface area (Å²) in [5.74, 6) is 0. The van der Waals surface area contributed by atoms with Crippen LogP contribution >= 0.6 is 0 Å². The van der Waals surface area contributed by atoms with E-state index in [1.54, 1.807) is 0 Å². The van der Waals surface area contributed by atoms with Gasteiger partial charge in [-0.1, -0.05) is 52.3 Å². The molecule has 0 aromatic rings. The van der Waals surface area contributed by atoms with Crippen molar-refractivity contribution in [1.29, 1.82) is 0 Å². The van der Waals surface area contributed by atoms with E-state index in [1.165, 1.54) is 60.8 Å². The van der Waals surface area contributed by atoms with Crippen molar-refractivity contribution in [3.63, 3.8) is 0 Å². The van der Waals surface area contributed by atoms with E-state index in [0.717, 1.165) is 6.42 Å². The zero-order chi connectivity index (χ0) is 13.8. The van der Waals surface area contributed by atoms with Crippen molar-refractivity contribution >= 4 is 0 Å². The monoisotopic (exact) mass is 246 g/mol. The molecule has 0 heterocycles. The lowest BCUT2D eigenvalue weighted by atomic mass is 9.64. The summed E-state index contributed by atoms with van der Waals surface area (Å²) in [5.41, 5.74) is 6.04. The van der Waals surface area contributed by atoms with Crippen molar-refractivity contribution in [3.05, 3.63) is 35.5 Å². The minimum atomic E-state index is 0.488. The van der Waals surface area contributed by atoms with Crippen LogP contribution in [0.3, 0.4) is 0 Å². The van der Waals surface area contributed by atoms with E-state index in [1.807, 2.05) is 0 Å². The highest BCUT2D eigenvalue weighted by molar-refractivity contribution is 5.49. The molecule has 0 radical (unpaired) electrons. The fourth-order valence-corrected chi connectivity index (χ4v) is 3.82. The van der Waals surface area contributed by atoms with Gasteiger partial charge in [-0.15, -0.1) is 0 Å². The molecule has 0 atom stereocenters. The molecule has 0 spiro atoms. The maximum Gasteiger partial charge on any atom is -0.0215 e.